The summed E-state index contributed by atoms with van der Waals surface area (Å²) in [6.45, 7) is 7.55. The van der Waals surface area contributed by atoms with Crippen molar-refractivity contribution in [3.05, 3.63) is 60.4 Å². The highest BCUT2D eigenvalue weighted by Crippen LogP contribution is 2.28. The van der Waals surface area contributed by atoms with Crippen molar-refractivity contribution < 1.29 is 17.2 Å². The first-order valence-corrected chi connectivity index (χ1v) is 11.5. The number of rotatable bonds is 5. The van der Waals surface area contributed by atoms with Crippen LogP contribution in [-0.4, -0.2) is 38.6 Å². The molecule has 0 aliphatic carbocycles. The third-order valence-electron chi connectivity index (χ3n) is 5.16. The van der Waals surface area contributed by atoms with E-state index in [-0.39, 0.29) is 22.9 Å². The first-order chi connectivity index (χ1) is 14.7. The summed E-state index contributed by atoms with van der Waals surface area (Å²) >= 11 is 0. The van der Waals surface area contributed by atoms with E-state index in [1.54, 1.807) is 31.3 Å². The Labute approximate surface area is 193 Å². The molecule has 0 spiro atoms. The Kier molecular flexibility index (Phi) is 7.12. The molecule has 2 N–H and O–H groups in total. The molecular formula is C22H26ClFN4O3S. The Hall–Kier alpha value is -2.62. The molecule has 3 heterocycles. The van der Waals surface area contributed by atoms with Crippen LogP contribution >= 0.6 is 12.4 Å². The Bertz CT molecular complexity index is 1190. The summed E-state index contributed by atoms with van der Waals surface area (Å²) in [5.74, 6) is 0.324. The van der Waals surface area contributed by atoms with E-state index in [9.17, 15) is 12.8 Å². The fourth-order valence-corrected chi connectivity index (χ4v) is 4.90. The molecule has 1 aliphatic heterocycles. The van der Waals surface area contributed by atoms with Gasteiger partial charge in [-0.3, -0.25) is 9.71 Å². The molecule has 0 saturated carbocycles. The number of aromatic nitrogens is 1. The average Bonchev–Trinajstić information content (AvgIpc) is 3.13. The summed E-state index contributed by atoms with van der Waals surface area (Å²) in [6.07, 6.45) is 3.15. The van der Waals surface area contributed by atoms with Crippen LogP contribution in [0.3, 0.4) is 0 Å². The quantitative estimate of drug-likeness (QED) is 0.569. The van der Waals surface area contributed by atoms with E-state index in [0.717, 1.165) is 24.8 Å². The van der Waals surface area contributed by atoms with Crippen molar-refractivity contribution in [1.29, 1.82) is 0 Å². The molecule has 1 fully saturated rings. The van der Waals surface area contributed by atoms with Crippen LogP contribution in [0, 0.1) is 12.7 Å². The Morgan fingerprint density at radius 2 is 1.84 bits per heavy atom. The minimum Gasteiger partial charge on any atom is -0.461 e. The predicted molar refractivity (Wildman–Crippen MR) is 125 cm³/mol. The summed E-state index contributed by atoms with van der Waals surface area (Å²) in [6, 6.07) is 9.48. The van der Waals surface area contributed by atoms with E-state index in [4.69, 9.17) is 4.42 Å². The van der Waals surface area contributed by atoms with Gasteiger partial charge in [0.15, 0.2) is 0 Å². The molecule has 2 atom stereocenters. The van der Waals surface area contributed by atoms with Crippen molar-refractivity contribution in [1.82, 2.24) is 10.3 Å². The maximum Gasteiger partial charge on any atom is 0.262 e. The van der Waals surface area contributed by atoms with Gasteiger partial charge in [0.1, 0.15) is 17.3 Å². The predicted octanol–water partition coefficient (Wildman–Crippen LogP) is 4.20. The summed E-state index contributed by atoms with van der Waals surface area (Å²) in [7, 11) is -3.99. The fraction of sp³-hybridized carbons (Fsp3) is 0.318. The van der Waals surface area contributed by atoms with Gasteiger partial charge in [-0.25, -0.2) is 12.8 Å². The smallest absolute Gasteiger partial charge is 0.262 e. The first kappa shape index (κ1) is 24.0. The van der Waals surface area contributed by atoms with Gasteiger partial charge in [0.05, 0.1) is 34.2 Å². The topological polar surface area (TPSA) is 87.5 Å². The lowest BCUT2D eigenvalue weighted by molar-refractivity contribution is 0.407. The van der Waals surface area contributed by atoms with Crippen molar-refractivity contribution in [2.24, 2.45) is 0 Å². The van der Waals surface area contributed by atoms with Gasteiger partial charge in [-0.05, 0) is 57.2 Å². The van der Waals surface area contributed by atoms with Gasteiger partial charge in [0, 0.05) is 25.2 Å². The zero-order chi connectivity index (χ0) is 22.2. The molecule has 1 saturated heterocycles. The zero-order valence-corrected chi connectivity index (χ0v) is 19.6. The molecule has 7 nitrogen and oxygen atoms in total. The second-order valence-electron chi connectivity index (χ2n) is 7.96. The highest BCUT2D eigenvalue weighted by Gasteiger charge is 2.23. The number of sulfonamides is 1. The molecule has 10 heteroatoms. The summed E-state index contributed by atoms with van der Waals surface area (Å²) in [5.41, 5.74) is 1.36. The standard InChI is InChI=1S/C22H25FN4O3S.ClH/c1-14-12-27(13-15(2)25-14)18-8-17(10-24-11-18)26-31(28,29)19-5-6-20(21(23)9-19)22-7-4-16(3)30-22;/h4-11,14-15,25-26H,12-13H2,1-3H3;1H/t14-,15+;. The Balaban J connectivity index is 0.00000289. The van der Waals surface area contributed by atoms with Gasteiger partial charge < -0.3 is 14.6 Å². The van der Waals surface area contributed by atoms with Crippen molar-refractivity contribution in [3.63, 3.8) is 0 Å². The van der Waals surface area contributed by atoms with Crippen molar-refractivity contribution in [3.8, 4) is 11.3 Å². The SMILES string of the molecule is Cc1ccc(-c2ccc(S(=O)(=O)Nc3cncc(N4C[C@@H](C)N[C@@H](C)C4)c3)cc2F)o1.Cl. The van der Waals surface area contributed by atoms with E-state index >= 15 is 0 Å². The number of piperazine rings is 1. The van der Waals surface area contributed by atoms with E-state index in [2.05, 4.69) is 33.8 Å². The summed E-state index contributed by atoms with van der Waals surface area (Å²) in [4.78, 5) is 6.17. The molecule has 2 aromatic heterocycles. The molecular weight excluding hydrogens is 455 g/mol. The molecule has 172 valence electrons. The number of benzene rings is 1. The molecule has 1 aliphatic rings. The van der Waals surface area contributed by atoms with Crippen LogP contribution in [0.1, 0.15) is 19.6 Å². The maximum atomic E-state index is 14.6. The minimum absolute atomic E-state index is 0. The number of anilines is 2. The molecule has 3 aromatic rings. The molecule has 4 rings (SSSR count). The lowest BCUT2D eigenvalue weighted by Crippen LogP contribution is -2.54. The molecule has 32 heavy (non-hydrogen) atoms. The second-order valence-corrected chi connectivity index (χ2v) is 9.65. The van der Waals surface area contributed by atoms with Crippen LogP contribution in [0.4, 0.5) is 15.8 Å². The fourth-order valence-electron chi connectivity index (χ4n) is 3.85. The van der Waals surface area contributed by atoms with Gasteiger partial charge in [0.2, 0.25) is 0 Å². The highest BCUT2D eigenvalue weighted by atomic mass is 35.5. The third kappa shape index (κ3) is 5.23. The van der Waals surface area contributed by atoms with Crippen LogP contribution < -0.4 is 14.9 Å². The van der Waals surface area contributed by atoms with Crippen molar-refractivity contribution in [2.75, 3.05) is 22.7 Å². The number of aryl methyl sites for hydroxylation is 1. The number of hydrogen-bond acceptors (Lipinski definition) is 6. The van der Waals surface area contributed by atoms with Crippen LogP contribution in [0.2, 0.25) is 0 Å². The normalized spacial score (nSPS) is 18.8. The number of hydrogen-bond donors (Lipinski definition) is 2. The molecule has 0 amide bonds. The first-order valence-electron chi connectivity index (χ1n) is 10.1. The number of halogens is 2. The van der Waals surface area contributed by atoms with E-state index in [0.29, 0.717) is 29.3 Å². The number of nitrogens with one attached hydrogen (secondary N) is 2. The van der Waals surface area contributed by atoms with Gasteiger partial charge in [-0.2, -0.15) is 0 Å². The maximum absolute atomic E-state index is 14.6. The summed E-state index contributed by atoms with van der Waals surface area (Å²) in [5, 5.41) is 3.46. The number of nitrogens with zero attached hydrogens (tertiary/aromatic N) is 2. The zero-order valence-electron chi connectivity index (χ0n) is 18.0. The Morgan fingerprint density at radius 3 is 2.47 bits per heavy atom. The average molecular weight is 481 g/mol. The second kappa shape index (κ2) is 9.48. The van der Waals surface area contributed by atoms with Gasteiger partial charge in [-0.1, -0.05) is 0 Å². The van der Waals surface area contributed by atoms with E-state index < -0.39 is 15.8 Å². The molecule has 1 aromatic carbocycles. The summed E-state index contributed by atoms with van der Waals surface area (Å²) < 4.78 is 48.2. The van der Waals surface area contributed by atoms with Crippen LogP contribution in [0.25, 0.3) is 11.3 Å². The van der Waals surface area contributed by atoms with Gasteiger partial charge in [0.25, 0.3) is 10.0 Å². The number of pyridine rings is 1. The van der Waals surface area contributed by atoms with Crippen molar-refractivity contribution in [2.45, 2.75) is 37.8 Å². The number of furan rings is 1. The monoisotopic (exact) mass is 480 g/mol. The third-order valence-corrected chi connectivity index (χ3v) is 6.53. The van der Waals surface area contributed by atoms with Crippen molar-refractivity contribution >= 4 is 33.8 Å². The van der Waals surface area contributed by atoms with E-state index in [1.165, 1.54) is 18.3 Å². The minimum atomic E-state index is -3.99. The molecule has 0 unspecified atom stereocenters. The molecule has 0 radical (unpaired) electrons. The highest BCUT2D eigenvalue weighted by molar-refractivity contribution is 7.92. The van der Waals surface area contributed by atoms with Crippen LogP contribution in [0.5, 0.6) is 0 Å². The van der Waals surface area contributed by atoms with E-state index in [1.807, 2.05) is 0 Å². The van der Waals surface area contributed by atoms with Gasteiger partial charge in [-0.15, -0.1) is 12.4 Å². The van der Waals surface area contributed by atoms with Crippen LogP contribution in [0.15, 0.2) is 58.1 Å². The largest absolute Gasteiger partial charge is 0.461 e. The van der Waals surface area contributed by atoms with Gasteiger partial charge >= 0.3 is 0 Å². The lowest BCUT2D eigenvalue weighted by atomic mass is 10.1. The molecule has 0 bridgehead atoms. The Morgan fingerprint density at radius 1 is 1.12 bits per heavy atom. The lowest BCUT2D eigenvalue weighted by Gasteiger charge is -2.37. The van der Waals surface area contributed by atoms with Crippen LogP contribution in [-0.2, 0) is 10.0 Å².